The Hall–Kier alpha value is -2.08. The van der Waals surface area contributed by atoms with E-state index in [0.717, 1.165) is 37.9 Å². The van der Waals surface area contributed by atoms with E-state index in [1.165, 1.54) is 17.7 Å². The van der Waals surface area contributed by atoms with Crippen molar-refractivity contribution in [2.24, 2.45) is 0 Å². The van der Waals surface area contributed by atoms with E-state index >= 15 is 0 Å². The molecule has 0 bridgehead atoms. The third-order valence-corrected chi connectivity index (χ3v) is 3.69. The van der Waals surface area contributed by atoms with Crippen LogP contribution >= 0.6 is 0 Å². The molecule has 0 atom stereocenters. The van der Waals surface area contributed by atoms with E-state index in [0.29, 0.717) is 0 Å². The first-order chi connectivity index (χ1) is 11.4. The van der Waals surface area contributed by atoms with Gasteiger partial charge < -0.3 is 9.64 Å². The Morgan fingerprint density at radius 1 is 0.917 bits per heavy atom. The van der Waals surface area contributed by atoms with Gasteiger partial charge in [-0.3, -0.25) is 4.98 Å². The van der Waals surface area contributed by atoms with Crippen LogP contribution in [0.5, 0.6) is 5.75 Å². The van der Waals surface area contributed by atoms with Crippen LogP contribution in [0.25, 0.3) is 0 Å². The van der Waals surface area contributed by atoms with Crippen molar-refractivity contribution in [1.82, 2.24) is 9.88 Å². The monoisotopic (exact) mass is 338 g/mol. The molecule has 0 radical (unpaired) electrons. The van der Waals surface area contributed by atoms with Crippen LogP contribution in [-0.2, 0) is 12.8 Å². The van der Waals surface area contributed by atoms with Gasteiger partial charge in [-0.1, -0.05) is 12.1 Å². The number of hydrogen-bond donors (Lipinski definition) is 0. The Bertz CT molecular complexity index is 600. The maximum Gasteiger partial charge on any atom is 0.573 e. The SMILES string of the molecule is CN(CCCc1ccc(OC(F)(F)F)cc1)CCc1ccncc1. The Morgan fingerprint density at radius 3 is 2.17 bits per heavy atom. The second kappa shape index (κ2) is 8.68. The molecule has 0 aliphatic carbocycles. The molecule has 0 saturated carbocycles. The number of aromatic nitrogens is 1. The first kappa shape index (κ1) is 18.3. The number of ether oxygens (including phenoxy) is 1. The minimum absolute atomic E-state index is 0.180. The highest BCUT2D eigenvalue weighted by Crippen LogP contribution is 2.23. The second-order valence-corrected chi connectivity index (χ2v) is 5.70. The number of hydrogen-bond acceptors (Lipinski definition) is 3. The predicted octanol–water partition coefficient (Wildman–Crippen LogP) is 4.09. The average Bonchev–Trinajstić information content (AvgIpc) is 2.54. The van der Waals surface area contributed by atoms with Gasteiger partial charge in [-0.2, -0.15) is 0 Å². The number of benzene rings is 1. The van der Waals surface area contributed by atoms with Gasteiger partial charge in [-0.25, -0.2) is 0 Å². The standard InChI is InChI=1S/C18H21F3N2O/c1-23(14-10-16-8-11-22-12-9-16)13-2-3-15-4-6-17(7-5-15)24-18(19,20)21/h4-9,11-12H,2-3,10,13-14H2,1H3. The topological polar surface area (TPSA) is 25.4 Å². The number of alkyl halides is 3. The Balaban J connectivity index is 1.68. The number of rotatable bonds is 8. The van der Waals surface area contributed by atoms with Crippen LogP contribution < -0.4 is 4.74 Å². The van der Waals surface area contributed by atoms with E-state index in [1.54, 1.807) is 24.5 Å². The zero-order chi connectivity index (χ0) is 17.4. The number of aryl methyl sites for hydroxylation is 1. The van der Waals surface area contributed by atoms with Crippen LogP contribution in [0, 0.1) is 0 Å². The van der Waals surface area contributed by atoms with Gasteiger partial charge in [0.25, 0.3) is 0 Å². The summed E-state index contributed by atoms with van der Waals surface area (Å²) in [5, 5.41) is 0. The van der Waals surface area contributed by atoms with Crippen LogP contribution in [0.3, 0.4) is 0 Å². The number of halogens is 3. The van der Waals surface area contributed by atoms with Gasteiger partial charge in [0.05, 0.1) is 0 Å². The molecule has 0 saturated heterocycles. The van der Waals surface area contributed by atoms with Crippen LogP contribution in [0.15, 0.2) is 48.8 Å². The lowest BCUT2D eigenvalue weighted by Crippen LogP contribution is -2.22. The average molecular weight is 338 g/mol. The summed E-state index contributed by atoms with van der Waals surface area (Å²) in [5.41, 5.74) is 2.27. The van der Waals surface area contributed by atoms with Gasteiger partial charge in [0.15, 0.2) is 0 Å². The molecule has 0 spiro atoms. The first-order valence-electron chi connectivity index (χ1n) is 7.84. The summed E-state index contributed by atoms with van der Waals surface area (Å²) in [6.45, 7) is 1.90. The van der Waals surface area contributed by atoms with E-state index in [1.807, 2.05) is 12.1 Å². The van der Waals surface area contributed by atoms with Gasteiger partial charge in [-0.15, -0.1) is 13.2 Å². The fourth-order valence-corrected chi connectivity index (χ4v) is 2.39. The molecule has 0 unspecified atom stereocenters. The van der Waals surface area contributed by atoms with E-state index in [2.05, 4.69) is 21.7 Å². The second-order valence-electron chi connectivity index (χ2n) is 5.70. The molecule has 0 fully saturated rings. The summed E-state index contributed by atoms with van der Waals surface area (Å²) >= 11 is 0. The van der Waals surface area contributed by atoms with Crippen LogP contribution in [0.1, 0.15) is 17.5 Å². The van der Waals surface area contributed by atoms with Gasteiger partial charge in [0.1, 0.15) is 5.75 Å². The molecule has 1 aromatic heterocycles. The maximum absolute atomic E-state index is 12.1. The molecule has 6 heteroatoms. The molecule has 1 aromatic carbocycles. The molecule has 0 amide bonds. The summed E-state index contributed by atoms with van der Waals surface area (Å²) in [6.07, 6.45) is 1.70. The van der Waals surface area contributed by atoms with Gasteiger partial charge >= 0.3 is 6.36 Å². The molecule has 130 valence electrons. The highest BCUT2D eigenvalue weighted by Gasteiger charge is 2.30. The molecule has 0 aliphatic rings. The molecule has 0 N–H and O–H groups in total. The highest BCUT2D eigenvalue weighted by atomic mass is 19.4. The number of pyridine rings is 1. The normalized spacial score (nSPS) is 11.7. The van der Waals surface area contributed by atoms with E-state index in [4.69, 9.17) is 0 Å². The summed E-state index contributed by atoms with van der Waals surface area (Å²) in [6, 6.07) is 10.1. The lowest BCUT2D eigenvalue weighted by Gasteiger charge is -2.16. The fraction of sp³-hybridized carbons (Fsp3) is 0.389. The number of nitrogens with zero attached hydrogens (tertiary/aromatic N) is 2. The van der Waals surface area contributed by atoms with Gasteiger partial charge in [-0.05, 0) is 68.2 Å². The molecular weight excluding hydrogens is 317 g/mol. The smallest absolute Gasteiger partial charge is 0.406 e. The molecule has 3 nitrogen and oxygen atoms in total. The van der Waals surface area contributed by atoms with Crippen molar-refractivity contribution in [3.05, 3.63) is 59.9 Å². The van der Waals surface area contributed by atoms with Crippen molar-refractivity contribution in [1.29, 1.82) is 0 Å². The lowest BCUT2D eigenvalue weighted by molar-refractivity contribution is -0.274. The Labute approximate surface area is 140 Å². The fourth-order valence-electron chi connectivity index (χ4n) is 2.39. The van der Waals surface area contributed by atoms with Crippen molar-refractivity contribution in [2.45, 2.75) is 25.6 Å². The summed E-state index contributed by atoms with van der Waals surface area (Å²) in [5.74, 6) is -0.180. The van der Waals surface area contributed by atoms with E-state index in [-0.39, 0.29) is 5.75 Å². The molecule has 2 rings (SSSR count). The zero-order valence-corrected chi connectivity index (χ0v) is 13.6. The predicted molar refractivity (Wildman–Crippen MR) is 86.9 cm³/mol. The zero-order valence-electron chi connectivity index (χ0n) is 13.6. The molecular formula is C18H21F3N2O. The maximum atomic E-state index is 12.1. The van der Waals surface area contributed by atoms with Crippen molar-refractivity contribution in [3.63, 3.8) is 0 Å². The minimum Gasteiger partial charge on any atom is -0.406 e. The van der Waals surface area contributed by atoms with Gasteiger partial charge in [0, 0.05) is 18.9 Å². The summed E-state index contributed by atoms with van der Waals surface area (Å²) in [7, 11) is 2.07. The largest absolute Gasteiger partial charge is 0.573 e. The van der Waals surface area contributed by atoms with Crippen molar-refractivity contribution >= 4 is 0 Å². The number of likely N-dealkylation sites (N-methyl/N-ethyl adjacent to an activating group) is 1. The van der Waals surface area contributed by atoms with Crippen molar-refractivity contribution < 1.29 is 17.9 Å². The van der Waals surface area contributed by atoms with Crippen LogP contribution in [0.2, 0.25) is 0 Å². The van der Waals surface area contributed by atoms with Crippen molar-refractivity contribution in [2.75, 3.05) is 20.1 Å². The molecule has 0 aliphatic heterocycles. The van der Waals surface area contributed by atoms with Crippen LogP contribution in [0.4, 0.5) is 13.2 Å². The molecule has 24 heavy (non-hydrogen) atoms. The van der Waals surface area contributed by atoms with Gasteiger partial charge in [0.2, 0.25) is 0 Å². The third-order valence-electron chi connectivity index (χ3n) is 3.69. The summed E-state index contributed by atoms with van der Waals surface area (Å²) in [4.78, 5) is 6.25. The first-order valence-corrected chi connectivity index (χ1v) is 7.84. The Morgan fingerprint density at radius 2 is 1.54 bits per heavy atom. The van der Waals surface area contributed by atoms with Crippen molar-refractivity contribution in [3.8, 4) is 5.75 Å². The third kappa shape index (κ3) is 7.00. The van der Waals surface area contributed by atoms with E-state index < -0.39 is 6.36 Å². The molecule has 1 heterocycles. The quantitative estimate of drug-likeness (QED) is 0.725. The highest BCUT2D eigenvalue weighted by molar-refractivity contribution is 5.27. The van der Waals surface area contributed by atoms with Crippen LogP contribution in [-0.4, -0.2) is 36.4 Å². The lowest BCUT2D eigenvalue weighted by atomic mass is 10.1. The Kier molecular flexibility index (Phi) is 6.61. The van der Waals surface area contributed by atoms with E-state index in [9.17, 15) is 13.2 Å². The minimum atomic E-state index is -4.64. The molecule has 2 aromatic rings. The summed E-state index contributed by atoms with van der Waals surface area (Å²) < 4.78 is 40.2.